The van der Waals surface area contributed by atoms with Crippen LogP contribution in [0.1, 0.15) is 19.4 Å². The van der Waals surface area contributed by atoms with Crippen molar-refractivity contribution < 1.29 is 19.1 Å². The number of carboxylic acids is 1. The minimum absolute atomic E-state index is 0.0102. The van der Waals surface area contributed by atoms with E-state index in [0.717, 1.165) is 5.56 Å². The van der Waals surface area contributed by atoms with Gasteiger partial charge in [0.1, 0.15) is 11.9 Å². The molecular formula is C14H19FN2O3. The maximum Gasteiger partial charge on any atom is 0.327 e. The normalized spacial score (nSPS) is 13.6. The van der Waals surface area contributed by atoms with Gasteiger partial charge in [-0.3, -0.25) is 4.79 Å². The summed E-state index contributed by atoms with van der Waals surface area (Å²) < 4.78 is 12.8. The third kappa shape index (κ3) is 5.79. The van der Waals surface area contributed by atoms with E-state index in [2.05, 4.69) is 10.6 Å². The second kappa shape index (κ2) is 7.59. The van der Waals surface area contributed by atoms with Gasteiger partial charge in [0, 0.05) is 19.5 Å². The van der Waals surface area contributed by atoms with E-state index < -0.39 is 12.0 Å². The third-order valence-corrected chi connectivity index (χ3v) is 2.80. The van der Waals surface area contributed by atoms with Crippen molar-refractivity contribution in [3.63, 3.8) is 0 Å². The molecule has 1 amide bonds. The van der Waals surface area contributed by atoms with Crippen LogP contribution in [-0.2, 0) is 16.0 Å². The van der Waals surface area contributed by atoms with E-state index in [0.29, 0.717) is 6.42 Å². The molecule has 0 aliphatic rings. The molecule has 0 spiro atoms. The summed E-state index contributed by atoms with van der Waals surface area (Å²) in [5.41, 5.74) is 0.956. The molecule has 6 heteroatoms. The highest BCUT2D eigenvalue weighted by Crippen LogP contribution is 2.05. The lowest BCUT2D eigenvalue weighted by Gasteiger charge is -2.18. The molecule has 1 aromatic carbocycles. The summed E-state index contributed by atoms with van der Waals surface area (Å²) in [5, 5.41) is 14.4. The van der Waals surface area contributed by atoms with Crippen LogP contribution < -0.4 is 10.6 Å². The summed E-state index contributed by atoms with van der Waals surface area (Å²) >= 11 is 0. The minimum Gasteiger partial charge on any atom is -0.480 e. The molecule has 0 heterocycles. The van der Waals surface area contributed by atoms with E-state index in [-0.39, 0.29) is 24.3 Å². The van der Waals surface area contributed by atoms with Gasteiger partial charge in [-0.15, -0.1) is 0 Å². The van der Waals surface area contributed by atoms with Crippen molar-refractivity contribution in [3.05, 3.63) is 35.6 Å². The number of carboxylic acid groups (broad SMARTS) is 1. The van der Waals surface area contributed by atoms with Crippen molar-refractivity contribution >= 4 is 11.9 Å². The van der Waals surface area contributed by atoms with Crippen molar-refractivity contribution in [2.24, 2.45) is 0 Å². The molecule has 0 aromatic heterocycles. The van der Waals surface area contributed by atoms with Gasteiger partial charge in [-0.05, 0) is 31.0 Å². The molecule has 0 radical (unpaired) electrons. The molecule has 0 aliphatic heterocycles. The number of carbonyl (C=O) groups is 2. The quantitative estimate of drug-likeness (QED) is 0.695. The molecule has 0 fully saturated rings. The van der Waals surface area contributed by atoms with Crippen molar-refractivity contribution in [2.75, 3.05) is 6.54 Å². The molecule has 3 N–H and O–H groups in total. The van der Waals surface area contributed by atoms with E-state index in [1.54, 1.807) is 12.1 Å². The Morgan fingerprint density at radius 3 is 2.40 bits per heavy atom. The third-order valence-electron chi connectivity index (χ3n) is 2.80. The number of aliphatic carboxylic acids is 1. The van der Waals surface area contributed by atoms with Gasteiger partial charge in [0.05, 0.1) is 0 Å². The van der Waals surface area contributed by atoms with Crippen LogP contribution in [0, 0.1) is 5.82 Å². The predicted molar refractivity (Wildman–Crippen MR) is 72.8 cm³/mol. The first kappa shape index (κ1) is 16.1. The SMILES string of the molecule is CC(=O)NC(CNC(C)Cc1ccc(F)cc1)C(=O)O. The maximum absolute atomic E-state index is 12.8. The Morgan fingerprint density at radius 1 is 1.30 bits per heavy atom. The zero-order valence-corrected chi connectivity index (χ0v) is 11.5. The van der Waals surface area contributed by atoms with Gasteiger partial charge in [-0.1, -0.05) is 12.1 Å². The summed E-state index contributed by atoms with van der Waals surface area (Å²) in [6, 6.07) is 5.21. The molecule has 20 heavy (non-hydrogen) atoms. The highest BCUT2D eigenvalue weighted by atomic mass is 19.1. The first-order valence-electron chi connectivity index (χ1n) is 6.36. The van der Waals surface area contributed by atoms with Gasteiger partial charge in [-0.2, -0.15) is 0 Å². The Bertz CT molecular complexity index is 462. The Morgan fingerprint density at radius 2 is 1.90 bits per heavy atom. The van der Waals surface area contributed by atoms with Gasteiger partial charge in [0.25, 0.3) is 0 Å². The second-order valence-electron chi connectivity index (χ2n) is 4.73. The fourth-order valence-electron chi connectivity index (χ4n) is 1.81. The van der Waals surface area contributed by atoms with Crippen molar-refractivity contribution in [1.82, 2.24) is 10.6 Å². The molecule has 0 aliphatic carbocycles. The van der Waals surface area contributed by atoms with E-state index in [1.807, 2.05) is 6.92 Å². The molecule has 0 saturated carbocycles. The first-order chi connectivity index (χ1) is 9.38. The van der Waals surface area contributed by atoms with Crippen LogP contribution >= 0.6 is 0 Å². The highest BCUT2D eigenvalue weighted by molar-refractivity contribution is 5.82. The van der Waals surface area contributed by atoms with Gasteiger partial charge < -0.3 is 15.7 Å². The molecular weight excluding hydrogens is 263 g/mol. The predicted octanol–water partition coefficient (Wildman–Crippen LogP) is 0.936. The zero-order chi connectivity index (χ0) is 15.1. The van der Waals surface area contributed by atoms with E-state index in [1.165, 1.54) is 19.1 Å². The maximum atomic E-state index is 12.8. The molecule has 1 aromatic rings. The van der Waals surface area contributed by atoms with Gasteiger partial charge in [0.2, 0.25) is 5.91 Å². The summed E-state index contributed by atoms with van der Waals surface area (Å²) in [4.78, 5) is 21.8. The largest absolute Gasteiger partial charge is 0.480 e. The number of amides is 1. The summed E-state index contributed by atoms with van der Waals surface area (Å²) in [6.45, 7) is 3.31. The second-order valence-corrected chi connectivity index (χ2v) is 4.73. The molecule has 1 rings (SSSR count). The van der Waals surface area contributed by atoms with Gasteiger partial charge in [0.15, 0.2) is 0 Å². The van der Waals surface area contributed by atoms with E-state index in [4.69, 9.17) is 5.11 Å². The average Bonchev–Trinajstić information content (AvgIpc) is 2.36. The first-order valence-corrected chi connectivity index (χ1v) is 6.36. The number of nitrogens with one attached hydrogen (secondary N) is 2. The molecule has 2 atom stereocenters. The Labute approximate surface area is 117 Å². The molecule has 0 bridgehead atoms. The monoisotopic (exact) mass is 282 g/mol. The zero-order valence-electron chi connectivity index (χ0n) is 11.5. The number of halogens is 1. The average molecular weight is 282 g/mol. The number of rotatable bonds is 7. The number of hydrogen-bond donors (Lipinski definition) is 3. The summed E-state index contributed by atoms with van der Waals surface area (Å²) in [6.07, 6.45) is 0.646. The topological polar surface area (TPSA) is 78.4 Å². The van der Waals surface area contributed by atoms with Gasteiger partial charge in [-0.25, -0.2) is 9.18 Å². The van der Waals surface area contributed by atoms with Crippen LogP contribution in [-0.4, -0.2) is 35.6 Å². The van der Waals surface area contributed by atoms with Crippen LogP contribution in [0.5, 0.6) is 0 Å². The van der Waals surface area contributed by atoms with E-state index in [9.17, 15) is 14.0 Å². The van der Waals surface area contributed by atoms with Crippen molar-refractivity contribution in [2.45, 2.75) is 32.4 Å². The van der Waals surface area contributed by atoms with Crippen LogP contribution in [0.25, 0.3) is 0 Å². The smallest absolute Gasteiger partial charge is 0.327 e. The van der Waals surface area contributed by atoms with Crippen LogP contribution in [0.2, 0.25) is 0 Å². The minimum atomic E-state index is -1.08. The summed E-state index contributed by atoms with van der Waals surface area (Å²) in [7, 11) is 0. The Hall–Kier alpha value is -1.95. The lowest BCUT2D eigenvalue weighted by molar-refractivity contribution is -0.141. The lowest BCUT2D eigenvalue weighted by atomic mass is 10.1. The van der Waals surface area contributed by atoms with E-state index >= 15 is 0 Å². The number of benzene rings is 1. The van der Waals surface area contributed by atoms with Crippen LogP contribution in [0.4, 0.5) is 4.39 Å². The van der Waals surface area contributed by atoms with Crippen molar-refractivity contribution in [1.29, 1.82) is 0 Å². The Kier molecular flexibility index (Phi) is 6.11. The lowest BCUT2D eigenvalue weighted by Crippen LogP contribution is -2.48. The van der Waals surface area contributed by atoms with Crippen molar-refractivity contribution in [3.8, 4) is 0 Å². The standard InChI is InChI=1S/C14H19FN2O3/c1-9(7-11-3-5-12(15)6-4-11)16-8-13(14(19)20)17-10(2)18/h3-6,9,13,16H,7-8H2,1-2H3,(H,17,18)(H,19,20). The summed E-state index contributed by atoms with van der Waals surface area (Å²) in [5.74, 6) is -1.75. The van der Waals surface area contributed by atoms with Crippen LogP contribution in [0.15, 0.2) is 24.3 Å². The molecule has 5 nitrogen and oxygen atoms in total. The fraction of sp³-hybridized carbons (Fsp3) is 0.429. The van der Waals surface area contributed by atoms with Gasteiger partial charge >= 0.3 is 5.97 Å². The fourth-order valence-corrected chi connectivity index (χ4v) is 1.81. The highest BCUT2D eigenvalue weighted by Gasteiger charge is 2.18. The van der Waals surface area contributed by atoms with Crippen LogP contribution in [0.3, 0.4) is 0 Å². The number of carbonyl (C=O) groups excluding carboxylic acids is 1. The number of hydrogen-bond acceptors (Lipinski definition) is 3. The Balaban J connectivity index is 2.44. The molecule has 0 saturated heterocycles. The molecule has 110 valence electrons. The molecule has 2 unspecified atom stereocenters.